The summed E-state index contributed by atoms with van der Waals surface area (Å²) in [6.45, 7) is 0. The van der Waals surface area contributed by atoms with Gasteiger partial charge in [-0.05, 0) is 0 Å². The van der Waals surface area contributed by atoms with Crippen LogP contribution < -0.4 is 0 Å². The molecular weight excluding hydrogens is 370 g/mol. The summed E-state index contributed by atoms with van der Waals surface area (Å²) in [5, 5.41) is 0. The average Bonchev–Trinajstić information content (AvgIpc) is 1.96. The van der Waals surface area contributed by atoms with Crippen LogP contribution in [-0.2, 0) is 0 Å². The first kappa shape index (κ1) is 21.1. The van der Waals surface area contributed by atoms with E-state index < -0.39 is 16.2 Å². The molecule has 0 fully saturated rings. The molecule has 0 rings (SSSR count). The number of halogens is 7. The predicted molar refractivity (Wildman–Crippen MR) is 70.8 cm³/mol. The van der Waals surface area contributed by atoms with E-state index >= 15 is 0 Å². The van der Waals surface area contributed by atoms with Crippen molar-refractivity contribution in [3.05, 3.63) is 0 Å². The molecule has 0 radical (unpaired) electrons. The number of hydrogen-bond acceptors (Lipinski definition) is 3. The molecule has 0 N–H and O–H groups in total. The summed E-state index contributed by atoms with van der Waals surface area (Å²) >= 11 is 3.45. The van der Waals surface area contributed by atoms with E-state index in [0.717, 1.165) is 5.45 Å². The van der Waals surface area contributed by atoms with E-state index in [0.29, 0.717) is 0 Å². The van der Waals surface area contributed by atoms with Crippen LogP contribution in [0.2, 0.25) is 0 Å². The van der Waals surface area contributed by atoms with Gasteiger partial charge < -0.3 is 0 Å². The summed E-state index contributed by atoms with van der Waals surface area (Å²) in [6.07, 6.45) is 0. The van der Waals surface area contributed by atoms with Crippen LogP contribution in [0.25, 0.3) is 0 Å². The van der Waals surface area contributed by atoms with Crippen molar-refractivity contribution in [2.24, 2.45) is 0 Å². The van der Waals surface area contributed by atoms with Crippen LogP contribution in [0.1, 0.15) is 0 Å². The van der Waals surface area contributed by atoms with Crippen LogP contribution in [0.3, 0.4) is 0 Å². The van der Waals surface area contributed by atoms with Crippen LogP contribution in [0.5, 0.6) is 0 Å². The molecule has 0 aliphatic heterocycles. The molecule has 0 spiro atoms. The molecule has 0 saturated carbocycles. The van der Waals surface area contributed by atoms with Gasteiger partial charge in [0.1, 0.15) is 0 Å². The molecular formula is C6H18BrF6N3P2. The quantitative estimate of drug-likeness (QED) is 0.298. The third-order valence-corrected chi connectivity index (χ3v) is 4.98. The number of hydrogen-bond donors (Lipinski definition) is 0. The third kappa shape index (κ3) is 19.1. The van der Waals surface area contributed by atoms with E-state index in [4.69, 9.17) is 0 Å². The zero-order chi connectivity index (χ0) is 15.4. The normalized spacial score (nSPS) is 16.7. The summed E-state index contributed by atoms with van der Waals surface area (Å²) in [5.41, 5.74) is 0.928. The second kappa shape index (κ2) is 6.06. The topological polar surface area (TPSA) is 9.72 Å². The standard InChI is InChI=1S/C6H17BrN3P.F6P/c1-8(2)11(9(3)4)10(5)6-7;1-7(2,3,4,5)6/h6H2,1-5H3;/q;-1/p+1. The molecule has 0 bridgehead atoms. The van der Waals surface area contributed by atoms with Gasteiger partial charge in [-0.2, -0.15) is 9.34 Å². The first-order valence-electron chi connectivity index (χ1n) is 4.50. The van der Waals surface area contributed by atoms with Gasteiger partial charge in [-0.3, -0.25) is 0 Å². The van der Waals surface area contributed by atoms with Crippen molar-refractivity contribution >= 4 is 32.1 Å². The van der Waals surface area contributed by atoms with Gasteiger partial charge >= 0.3 is 33.0 Å². The monoisotopic (exact) mass is 387 g/mol. The predicted octanol–water partition coefficient (Wildman–Crippen LogP) is 4.74. The van der Waals surface area contributed by atoms with E-state index in [2.05, 4.69) is 65.2 Å². The molecule has 0 aromatic carbocycles. The Morgan fingerprint density at radius 3 is 1.11 bits per heavy atom. The van der Waals surface area contributed by atoms with Gasteiger partial charge in [0.15, 0.2) is 0 Å². The van der Waals surface area contributed by atoms with Crippen molar-refractivity contribution in [1.29, 1.82) is 0 Å². The van der Waals surface area contributed by atoms with Gasteiger partial charge in [0.05, 0.1) is 5.45 Å². The fourth-order valence-corrected chi connectivity index (χ4v) is 4.08. The molecule has 116 valence electrons. The molecule has 12 heteroatoms. The summed E-state index contributed by atoms with van der Waals surface area (Å²) in [5.74, 6) is 0. The Hall–Kier alpha value is 0.800. The van der Waals surface area contributed by atoms with E-state index in [1.165, 1.54) is 0 Å². The minimum absolute atomic E-state index is 0.654. The minimum atomic E-state index is -10.7. The molecule has 0 aliphatic rings. The average molecular weight is 388 g/mol. The second-order valence-corrected chi connectivity index (χ2v) is 9.44. The molecule has 0 aromatic rings. The van der Waals surface area contributed by atoms with Crippen LogP contribution in [-0.4, -0.2) is 54.7 Å². The van der Waals surface area contributed by atoms with Gasteiger partial charge in [-0.1, -0.05) is 15.9 Å². The van der Waals surface area contributed by atoms with Crippen LogP contribution in [0.4, 0.5) is 25.2 Å². The Kier molecular flexibility index (Phi) is 7.10. The fraction of sp³-hybridized carbons (Fsp3) is 1.00. The second-order valence-electron chi connectivity index (χ2n) is 3.86. The van der Waals surface area contributed by atoms with Crippen molar-refractivity contribution < 1.29 is 25.2 Å². The Morgan fingerprint density at radius 1 is 0.833 bits per heavy atom. The number of rotatable bonds is 4. The van der Waals surface area contributed by atoms with Crippen LogP contribution >= 0.6 is 32.1 Å². The Balaban J connectivity index is 0. The Bertz CT molecular complexity index is 236. The molecule has 0 aliphatic carbocycles. The zero-order valence-corrected chi connectivity index (χ0v) is 14.1. The first-order valence-corrected chi connectivity index (χ1v) is 9.00. The summed E-state index contributed by atoms with van der Waals surface area (Å²) in [6, 6.07) is 0. The maximum atomic E-state index is 9.87. The molecule has 18 heavy (non-hydrogen) atoms. The van der Waals surface area contributed by atoms with E-state index in [1.807, 2.05) is 0 Å². The summed E-state index contributed by atoms with van der Waals surface area (Å²) in [7, 11) is -0.709. The van der Waals surface area contributed by atoms with Crippen molar-refractivity contribution in [3.8, 4) is 0 Å². The van der Waals surface area contributed by atoms with Crippen LogP contribution in [0.15, 0.2) is 0 Å². The first-order chi connectivity index (χ1) is 7.45. The molecule has 0 aromatic heterocycles. The maximum absolute atomic E-state index is 10.7. The Labute approximate surface area is 112 Å². The SMILES string of the molecule is CN(C)[PH+](N(C)C)N(C)CBr.F[P-](F)(F)(F)(F)F. The summed E-state index contributed by atoms with van der Waals surface area (Å²) in [4.78, 5) is 0. The van der Waals surface area contributed by atoms with Gasteiger partial charge in [-0.25, -0.2) is 0 Å². The van der Waals surface area contributed by atoms with Gasteiger partial charge in [-0.15, -0.1) is 4.67 Å². The van der Waals surface area contributed by atoms with Gasteiger partial charge in [0, 0.05) is 35.2 Å². The molecule has 3 nitrogen and oxygen atoms in total. The molecule has 0 amide bonds. The van der Waals surface area contributed by atoms with E-state index in [9.17, 15) is 25.2 Å². The Morgan fingerprint density at radius 2 is 1.06 bits per heavy atom. The number of alkyl halides is 1. The van der Waals surface area contributed by atoms with E-state index in [1.54, 1.807) is 0 Å². The summed E-state index contributed by atoms with van der Waals surface area (Å²) < 4.78 is 66.0. The van der Waals surface area contributed by atoms with Gasteiger partial charge in [0.25, 0.3) is 0 Å². The third-order valence-electron chi connectivity index (χ3n) is 1.32. The molecule has 0 heterocycles. The molecule has 0 atom stereocenters. The van der Waals surface area contributed by atoms with Crippen molar-refractivity contribution in [3.63, 3.8) is 0 Å². The van der Waals surface area contributed by atoms with Gasteiger partial charge in [0.2, 0.25) is 8.37 Å². The zero-order valence-electron chi connectivity index (χ0n) is 10.6. The van der Waals surface area contributed by atoms with Crippen molar-refractivity contribution in [1.82, 2.24) is 14.0 Å². The van der Waals surface area contributed by atoms with Crippen molar-refractivity contribution in [2.75, 3.05) is 40.7 Å². The molecule has 0 saturated heterocycles. The van der Waals surface area contributed by atoms with E-state index in [-0.39, 0.29) is 0 Å². The van der Waals surface area contributed by atoms with Crippen LogP contribution in [0, 0.1) is 0 Å². The number of nitrogens with zero attached hydrogens (tertiary/aromatic N) is 3. The van der Waals surface area contributed by atoms with Crippen molar-refractivity contribution in [2.45, 2.75) is 0 Å². The fourth-order valence-electron chi connectivity index (χ4n) is 1.14. The molecule has 0 unspecified atom stereocenters.